The smallest absolute Gasteiger partial charge is 0.339 e. The van der Waals surface area contributed by atoms with E-state index < -0.39 is 23.3 Å². The van der Waals surface area contributed by atoms with Crippen molar-refractivity contribution >= 4 is 52.0 Å². The largest absolute Gasteiger partial charge is 0.490 e. The summed E-state index contributed by atoms with van der Waals surface area (Å²) in [7, 11) is 4.83. The number of fused-ring (bicyclic) bond motifs is 3. The van der Waals surface area contributed by atoms with E-state index in [1.165, 1.54) is 0 Å². The van der Waals surface area contributed by atoms with E-state index in [1.807, 2.05) is 149 Å². The third-order valence-electron chi connectivity index (χ3n) is 18.1. The molecule has 10 aromatic rings. The quantitative estimate of drug-likeness (QED) is 0.0302. The standard InChI is InChI=1S/C86H88N2O18/c1-86(66-23-34-80(75(57-66)83(89)90)104-52-49-101-46-43-98-40-37-95-2)78-55-64(60-11-7-5-8-12-60)21-32-73(78)74-33-22-65(56-79(74)86)63-19-28-70(29-20-63)88(72-31-36-82(77(59-72)85(93)94)106-54-51-103-48-45-100-42-39-97-4)69-26-17-62(18-27-69)61-15-24-68(25-16-61)87(67-13-9-6-10-14-67)71-30-35-81(76(58-71)84(91)92)105-53-50-102-47-44-99-41-38-96-3/h5-36,55-59H,37-54H2,1-4H3,(H,89,90)(H,91,92)(H,93,94). The molecule has 0 aromatic heterocycles. The number of anilines is 6. The Morgan fingerprint density at radius 1 is 0.292 bits per heavy atom. The number of hydrogen-bond donors (Lipinski definition) is 3. The fourth-order valence-corrected chi connectivity index (χ4v) is 12.8. The highest BCUT2D eigenvalue weighted by Crippen LogP contribution is 2.55. The Kier molecular flexibility index (Phi) is 27.6. The minimum absolute atomic E-state index is 0.00251. The van der Waals surface area contributed by atoms with Gasteiger partial charge in [-0.05, 0) is 177 Å². The number of nitrogens with zero attached hydrogens (tertiary/aromatic N) is 2. The highest BCUT2D eigenvalue weighted by Gasteiger charge is 2.42. The molecule has 11 rings (SSSR count). The summed E-state index contributed by atoms with van der Waals surface area (Å²) in [6, 6.07) is 72.6. The fourth-order valence-electron chi connectivity index (χ4n) is 12.8. The maximum absolute atomic E-state index is 13.2. The van der Waals surface area contributed by atoms with E-state index in [9.17, 15) is 29.7 Å². The van der Waals surface area contributed by atoms with Crippen molar-refractivity contribution in [3.63, 3.8) is 0 Å². The minimum Gasteiger partial charge on any atom is -0.490 e. The number of benzene rings is 10. The maximum atomic E-state index is 13.2. The van der Waals surface area contributed by atoms with Crippen LogP contribution in [0, 0.1) is 0 Å². The summed E-state index contributed by atoms with van der Waals surface area (Å²) in [5, 5.41) is 32.0. The van der Waals surface area contributed by atoms with Crippen LogP contribution in [0.4, 0.5) is 34.1 Å². The molecule has 0 heterocycles. The molecule has 20 heteroatoms. The van der Waals surface area contributed by atoms with Crippen LogP contribution in [0.3, 0.4) is 0 Å². The van der Waals surface area contributed by atoms with Crippen molar-refractivity contribution in [2.75, 3.05) is 150 Å². The van der Waals surface area contributed by atoms with Gasteiger partial charge in [-0.1, -0.05) is 115 Å². The van der Waals surface area contributed by atoms with Crippen molar-refractivity contribution in [2.45, 2.75) is 12.3 Å². The highest BCUT2D eigenvalue weighted by atomic mass is 16.6. The topological polar surface area (TPSA) is 229 Å². The minimum atomic E-state index is -1.17. The summed E-state index contributed by atoms with van der Waals surface area (Å²) in [5.74, 6) is -2.80. The van der Waals surface area contributed by atoms with E-state index in [1.54, 1.807) is 57.7 Å². The molecule has 10 aromatic carbocycles. The Balaban J connectivity index is 0.890. The summed E-state index contributed by atoms with van der Waals surface area (Å²) in [5.41, 5.74) is 13.9. The SMILES string of the molecule is COCCOCCOCCOc1ccc(N(c2ccccc2)c2ccc(-c3ccc(N(c4ccc(-c5ccc6c(c5)C(C)(c5ccc(OCCOCCOCCOC)c(C(=O)O)c5)c5cc(-c7ccccc7)ccc5-6)cc4)c4ccc(OCCOCCOCCOC)c(C(=O)O)c4)cc3)cc2)cc1C(=O)O. The summed E-state index contributed by atoms with van der Waals surface area (Å²) >= 11 is 0. The molecule has 0 radical (unpaired) electrons. The monoisotopic (exact) mass is 1440 g/mol. The van der Waals surface area contributed by atoms with Crippen molar-refractivity contribution in [1.29, 1.82) is 0 Å². The van der Waals surface area contributed by atoms with Crippen LogP contribution in [0.1, 0.15) is 54.7 Å². The molecule has 3 N–H and O–H groups in total. The van der Waals surface area contributed by atoms with Gasteiger partial charge < -0.3 is 82.0 Å². The van der Waals surface area contributed by atoms with Crippen molar-refractivity contribution in [2.24, 2.45) is 0 Å². The zero-order chi connectivity index (χ0) is 74.0. The molecule has 106 heavy (non-hydrogen) atoms. The first-order valence-corrected chi connectivity index (χ1v) is 35.1. The van der Waals surface area contributed by atoms with Gasteiger partial charge in [0.2, 0.25) is 0 Å². The van der Waals surface area contributed by atoms with Crippen molar-refractivity contribution in [1.82, 2.24) is 0 Å². The molecule has 550 valence electrons. The first-order valence-electron chi connectivity index (χ1n) is 35.1. The normalized spacial score (nSPS) is 12.9. The summed E-state index contributed by atoms with van der Waals surface area (Å²) in [6.45, 7) is 8.25. The van der Waals surface area contributed by atoms with E-state index >= 15 is 0 Å². The van der Waals surface area contributed by atoms with Crippen LogP contribution >= 0.6 is 0 Å². The number of carboxylic acid groups (broad SMARTS) is 3. The van der Waals surface area contributed by atoms with Gasteiger partial charge >= 0.3 is 17.9 Å². The highest BCUT2D eigenvalue weighted by molar-refractivity contribution is 5.96. The van der Waals surface area contributed by atoms with Gasteiger partial charge in [0.25, 0.3) is 0 Å². The van der Waals surface area contributed by atoms with Gasteiger partial charge in [-0.25, -0.2) is 14.4 Å². The predicted octanol–water partition coefficient (Wildman–Crippen LogP) is 16.2. The van der Waals surface area contributed by atoms with Gasteiger partial charge in [-0.2, -0.15) is 0 Å². The maximum Gasteiger partial charge on any atom is 0.339 e. The van der Waals surface area contributed by atoms with E-state index in [0.717, 1.165) is 83.9 Å². The number of ether oxygens (including phenoxy) is 12. The first kappa shape index (κ1) is 76.4. The second-order valence-electron chi connectivity index (χ2n) is 24.8. The molecule has 1 atom stereocenters. The molecule has 0 aliphatic heterocycles. The van der Waals surface area contributed by atoms with E-state index in [0.29, 0.717) is 90.7 Å². The third-order valence-corrected chi connectivity index (χ3v) is 18.1. The van der Waals surface area contributed by atoms with Crippen LogP contribution in [0.25, 0.3) is 44.5 Å². The number of methoxy groups -OCH3 is 3. The molecule has 0 spiro atoms. The van der Waals surface area contributed by atoms with Crippen LogP contribution in [-0.4, -0.2) is 173 Å². The Bertz CT molecular complexity index is 4500. The molecule has 1 aliphatic carbocycles. The van der Waals surface area contributed by atoms with Gasteiger partial charge in [0.15, 0.2) is 0 Å². The summed E-state index contributed by atoms with van der Waals surface area (Å²) < 4.78 is 66.7. The average Bonchev–Trinajstić information content (AvgIpc) is 1.58. The lowest BCUT2D eigenvalue weighted by atomic mass is 9.73. The van der Waals surface area contributed by atoms with E-state index in [-0.39, 0.29) is 73.6 Å². The molecule has 1 aliphatic rings. The Hall–Kier alpha value is -10.8. The molecular formula is C86H88N2O18. The molecule has 0 amide bonds. The second kappa shape index (κ2) is 38.3. The molecule has 0 saturated heterocycles. The molecule has 0 bridgehead atoms. The van der Waals surface area contributed by atoms with Crippen LogP contribution in [0.2, 0.25) is 0 Å². The Morgan fingerprint density at radius 3 is 0.934 bits per heavy atom. The number of rotatable bonds is 43. The van der Waals surface area contributed by atoms with Crippen LogP contribution in [0.15, 0.2) is 224 Å². The third kappa shape index (κ3) is 19.2. The fraction of sp³-hybridized carbons (Fsp3) is 0.267. The van der Waals surface area contributed by atoms with Crippen molar-refractivity contribution in [3.05, 3.63) is 258 Å². The number of hydrogen-bond acceptors (Lipinski definition) is 17. The van der Waals surface area contributed by atoms with Gasteiger partial charge in [-0.3, -0.25) is 0 Å². The molecule has 20 nitrogen and oxygen atoms in total. The zero-order valence-corrected chi connectivity index (χ0v) is 59.9. The predicted molar refractivity (Wildman–Crippen MR) is 407 cm³/mol. The van der Waals surface area contributed by atoms with Crippen molar-refractivity contribution in [3.8, 4) is 61.8 Å². The van der Waals surface area contributed by atoms with Crippen LogP contribution in [0.5, 0.6) is 17.2 Å². The molecule has 0 saturated carbocycles. The Labute approximate surface area is 617 Å². The Morgan fingerprint density at radius 2 is 0.575 bits per heavy atom. The van der Waals surface area contributed by atoms with Gasteiger partial charge in [0.1, 0.15) is 53.8 Å². The van der Waals surface area contributed by atoms with Gasteiger partial charge in [-0.15, -0.1) is 0 Å². The van der Waals surface area contributed by atoms with Crippen LogP contribution in [-0.2, 0) is 48.0 Å². The van der Waals surface area contributed by atoms with E-state index in [4.69, 9.17) is 56.8 Å². The number of carbonyl (C=O) groups is 3. The first-order chi connectivity index (χ1) is 51.9. The summed E-state index contributed by atoms with van der Waals surface area (Å²) in [6.07, 6.45) is 0. The zero-order valence-electron chi connectivity index (χ0n) is 59.9. The molecule has 1 unspecified atom stereocenters. The van der Waals surface area contributed by atoms with Crippen molar-refractivity contribution < 1.29 is 86.5 Å². The molecule has 0 fully saturated rings. The number of aromatic carboxylic acids is 3. The average molecular weight is 1440 g/mol. The van der Waals surface area contributed by atoms with Gasteiger partial charge in [0, 0.05) is 60.9 Å². The number of carboxylic acids is 3. The lowest BCUT2D eigenvalue weighted by molar-refractivity contribution is 0.0178. The summed E-state index contributed by atoms with van der Waals surface area (Å²) in [4.78, 5) is 43.2. The lowest BCUT2D eigenvalue weighted by Crippen LogP contribution is -2.23. The van der Waals surface area contributed by atoms with Gasteiger partial charge in [0.05, 0.1) is 99.1 Å². The van der Waals surface area contributed by atoms with Crippen LogP contribution < -0.4 is 24.0 Å². The van der Waals surface area contributed by atoms with E-state index in [2.05, 4.69) is 55.5 Å². The molecular weight excluding hydrogens is 1350 g/mol. The lowest BCUT2D eigenvalue weighted by Gasteiger charge is -2.30. The number of para-hydroxylation sites is 1. The second-order valence-corrected chi connectivity index (χ2v) is 24.8.